The van der Waals surface area contributed by atoms with Crippen molar-refractivity contribution in [3.8, 4) is 11.4 Å². The molecular weight excluding hydrogens is 400 g/mol. The third-order valence-corrected chi connectivity index (χ3v) is 6.93. The summed E-state index contributed by atoms with van der Waals surface area (Å²) in [6, 6.07) is 8.34. The van der Waals surface area contributed by atoms with E-state index in [4.69, 9.17) is 0 Å². The van der Waals surface area contributed by atoms with E-state index < -0.39 is 0 Å². The number of hydrogen-bond acceptors (Lipinski definition) is 5. The third kappa shape index (κ3) is 5.08. The average Bonchev–Trinajstić information content (AvgIpc) is 3.29. The zero-order valence-electron chi connectivity index (χ0n) is 17.8. The zero-order chi connectivity index (χ0) is 21.1. The number of aryl methyl sites for hydroxylation is 2. The molecular formula is C22H28N4OS2. The van der Waals surface area contributed by atoms with Crippen LogP contribution in [0.2, 0.25) is 0 Å². The first-order chi connectivity index (χ1) is 13.8. The molecule has 0 unspecified atom stereocenters. The Labute approximate surface area is 180 Å². The first-order valence-corrected chi connectivity index (χ1v) is 11.7. The minimum absolute atomic E-state index is 0.0456. The number of amides is 1. The quantitative estimate of drug-likeness (QED) is 0.465. The summed E-state index contributed by atoms with van der Waals surface area (Å²) in [6.45, 7) is 12.7. The first-order valence-electron chi connectivity index (χ1n) is 9.80. The highest BCUT2D eigenvalue weighted by Crippen LogP contribution is 2.32. The van der Waals surface area contributed by atoms with Crippen LogP contribution in [-0.2, 0) is 4.79 Å². The summed E-state index contributed by atoms with van der Waals surface area (Å²) in [6.07, 6.45) is 0. The highest BCUT2D eigenvalue weighted by atomic mass is 32.2. The lowest BCUT2D eigenvalue weighted by molar-refractivity contribution is -0.113. The molecule has 0 spiro atoms. The molecule has 1 N–H and O–H groups in total. The summed E-state index contributed by atoms with van der Waals surface area (Å²) >= 11 is 3.17. The van der Waals surface area contributed by atoms with Gasteiger partial charge in [-0.05, 0) is 62.9 Å². The molecule has 1 amide bonds. The minimum Gasteiger partial charge on any atom is -0.325 e. The summed E-state index contributed by atoms with van der Waals surface area (Å²) in [5.74, 6) is 1.60. The number of benzene rings is 1. The number of carbonyl (C=O) groups excluding carboxylic acids is 1. The fourth-order valence-electron chi connectivity index (χ4n) is 2.96. The van der Waals surface area contributed by atoms with Crippen molar-refractivity contribution in [2.24, 2.45) is 0 Å². The lowest BCUT2D eigenvalue weighted by Gasteiger charge is -2.13. The molecule has 0 radical (unpaired) electrons. The number of nitrogens with one attached hydrogen (secondary N) is 1. The van der Waals surface area contributed by atoms with E-state index in [0.29, 0.717) is 11.7 Å². The van der Waals surface area contributed by atoms with Crippen molar-refractivity contribution >= 4 is 34.7 Å². The van der Waals surface area contributed by atoms with Gasteiger partial charge in [-0.1, -0.05) is 31.7 Å². The molecule has 2 heterocycles. The van der Waals surface area contributed by atoms with E-state index in [0.717, 1.165) is 27.8 Å². The van der Waals surface area contributed by atoms with Crippen molar-refractivity contribution in [1.82, 2.24) is 14.8 Å². The van der Waals surface area contributed by atoms with Crippen LogP contribution in [0.15, 0.2) is 34.8 Å². The molecule has 3 rings (SSSR count). The minimum atomic E-state index is -0.0456. The van der Waals surface area contributed by atoms with Gasteiger partial charge in [-0.15, -0.1) is 21.5 Å². The maximum absolute atomic E-state index is 12.4. The molecule has 0 bridgehead atoms. The van der Waals surface area contributed by atoms with Crippen LogP contribution in [0.3, 0.4) is 0 Å². The molecule has 0 atom stereocenters. The van der Waals surface area contributed by atoms with Crippen LogP contribution in [-0.4, -0.2) is 26.4 Å². The topological polar surface area (TPSA) is 59.8 Å². The number of rotatable bonds is 7. The van der Waals surface area contributed by atoms with E-state index >= 15 is 0 Å². The van der Waals surface area contributed by atoms with Crippen molar-refractivity contribution < 1.29 is 4.79 Å². The molecule has 3 aromatic rings. The first kappa shape index (κ1) is 21.6. The Kier molecular flexibility index (Phi) is 6.80. The van der Waals surface area contributed by atoms with Gasteiger partial charge >= 0.3 is 0 Å². The molecule has 0 aliphatic carbocycles. The summed E-state index contributed by atoms with van der Waals surface area (Å²) in [4.78, 5) is 13.8. The van der Waals surface area contributed by atoms with Crippen molar-refractivity contribution in [2.75, 3.05) is 11.1 Å². The molecule has 0 aliphatic rings. The fraction of sp³-hybridized carbons (Fsp3) is 0.409. The molecule has 0 aliphatic heterocycles. The van der Waals surface area contributed by atoms with Crippen LogP contribution < -0.4 is 5.32 Å². The van der Waals surface area contributed by atoms with Crippen LogP contribution in [0, 0.1) is 13.8 Å². The van der Waals surface area contributed by atoms with Crippen LogP contribution in [0.1, 0.15) is 55.7 Å². The lowest BCUT2D eigenvalue weighted by atomic mass is 10.1. The van der Waals surface area contributed by atoms with Gasteiger partial charge in [-0.3, -0.25) is 9.36 Å². The van der Waals surface area contributed by atoms with Gasteiger partial charge in [0.05, 0.1) is 5.75 Å². The summed E-state index contributed by atoms with van der Waals surface area (Å²) in [7, 11) is 0. The molecule has 154 valence electrons. The van der Waals surface area contributed by atoms with Crippen molar-refractivity contribution in [2.45, 2.75) is 58.7 Å². The highest BCUT2D eigenvalue weighted by molar-refractivity contribution is 7.99. The van der Waals surface area contributed by atoms with Gasteiger partial charge in [0.15, 0.2) is 11.0 Å². The monoisotopic (exact) mass is 428 g/mol. The second-order valence-electron chi connectivity index (χ2n) is 7.80. The van der Waals surface area contributed by atoms with Gasteiger partial charge < -0.3 is 5.32 Å². The van der Waals surface area contributed by atoms with Gasteiger partial charge in [-0.25, -0.2) is 0 Å². The molecule has 7 heteroatoms. The maximum Gasteiger partial charge on any atom is 0.234 e. The van der Waals surface area contributed by atoms with Gasteiger partial charge in [0.2, 0.25) is 5.91 Å². The Balaban J connectivity index is 1.72. The zero-order valence-corrected chi connectivity index (χ0v) is 19.4. The highest BCUT2D eigenvalue weighted by Gasteiger charge is 2.19. The predicted molar refractivity (Wildman–Crippen MR) is 123 cm³/mol. The van der Waals surface area contributed by atoms with Crippen molar-refractivity contribution in [3.63, 3.8) is 0 Å². The van der Waals surface area contributed by atoms with Crippen LogP contribution in [0.5, 0.6) is 0 Å². The Morgan fingerprint density at radius 3 is 2.52 bits per heavy atom. The number of thiophene rings is 1. The molecule has 5 nitrogen and oxygen atoms in total. The third-order valence-electron chi connectivity index (χ3n) is 4.75. The number of nitrogens with zero attached hydrogens (tertiary/aromatic N) is 3. The van der Waals surface area contributed by atoms with Crippen LogP contribution in [0.4, 0.5) is 5.69 Å². The van der Waals surface area contributed by atoms with Crippen molar-refractivity contribution in [1.29, 1.82) is 0 Å². The summed E-state index contributed by atoms with van der Waals surface area (Å²) in [5, 5.41) is 14.7. The van der Waals surface area contributed by atoms with E-state index in [1.165, 1.54) is 22.2 Å². The van der Waals surface area contributed by atoms with Gasteiger partial charge in [0.1, 0.15) is 0 Å². The van der Waals surface area contributed by atoms with Crippen molar-refractivity contribution in [3.05, 3.63) is 45.6 Å². The lowest BCUT2D eigenvalue weighted by Crippen LogP contribution is -2.15. The SMILES string of the molecule is Cc1ccc(NC(=O)CSc2nnc(-c3csc(C(C)C)c3)n2C(C)C)cc1C. The molecule has 0 fully saturated rings. The van der Waals surface area contributed by atoms with Gasteiger partial charge in [-0.2, -0.15) is 0 Å². The molecule has 0 saturated carbocycles. The Morgan fingerprint density at radius 1 is 1.14 bits per heavy atom. The summed E-state index contributed by atoms with van der Waals surface area (Å²) in [5.41, 5.74) is 4.29. The largest absolute Gasteiger partial charge is 0.325 e. The Hall–Kier alpha value is -2.12. The van der Waals surface area contributed by atoms with E-state index in [2.05, 4.69) is 66.1 Å². The van der Waals surface area contributed by atoms with E-state index in [9.17, 15) is 4.79 Å². The smallest absolute Gasteiger partial charge is 0.234 e. The van der Waals surface area contributed by atoms with Gasteiger partial charge in [0.25, 0.3) is 0 Å². The molecule has 0 saturated heterocycles. The normalized spacial score (nSPS) is 11.4. The standard InChI is InChI=1S/C22H28N4OS2/c1-13(2)19-10-17(11-28-19)21-24-25-22(26(21)14(3)4)29-12-20(27)23-18-8-7-15(5)16(6)9-18/h7-11,13-14H,12H2,1-6H3,(H,23,27). The molecule has 2 aromatic heterocycles. The van der Waals surface area contributed by atoms with Crippen LogP contribution >= 0.6 is 23.1 Å². The van der Waals surface area contributed by atoms with Crippen LogP contribution in [0.25, 0.3) is 11.4 Å². The fourth-order valence-corrected chi connectivity index (χ4v) is 4.73. The van der Waals surface area contributed by atoms with E-state index in [1.807, 2.05) is 25.1 Å². The summed E-state index contributed by atoms with van der Waals surface area (Å²) < 4.78 is 2.11. The molecule has 29 heavy (non-hydrogen) atoms. The number of thioether (sulfide) groups is 1. The number of aromatic nitrogens is 3. The second kappa shape index (κ2) is 9.13. The number of carbonyl (C=O) groups is 1. The number of anilines is 1. The maximum atomic E-state index is 12.4. The van der Waals surface area contributed by atoms with Gasteiger partial charge in [0, 0.05) is 27.5 Å². The molecule has 1 aromatic carbocycles. The predicted octanol–water partition coefficient (Wildman–Crippen LogP) is 6.06. The average molecular weight is 429 g/mol. The van der Waals surface area contributed by atoms with E-state index in [1.54, 1.807) is 11.3 Å². The Bertz CT molecular complexity index is 1000. The van der Waals surface area contributed by atoms with E-state index in [-0.39, 0.29) is 11.9 Å². The second-order valence-corrected chi connectivity index (χ2v) is 9.68. The Morgan fingerprint density at radius 2 is 1.90 bits per heavy atom. The number of hydrogen-bond donors (Lipinski definition) is 1.